The van der Waals surface area contributed by atoms with Crippen LogP contribution < -0.4 is 5.73 Å². The molecule has 1 aromatic carbocycles. The molecule has 0 aliphatic heterocycles. The Morgan fingerprint density at radius 2 is 2.12 bits per heavy atom. The zero-order chi connectivity index (χ0) is 12.3. The number of benzene rings is 1. The van der Waals surface area contributed by atoms with Gasteiger partial charge < -0.3 is 5.73 Å². The molecular weight excluding hydrogens is 205 g/mol. The first-order valence-corrected chi connectivity index (χ1v) is 5.37. The van der Waals surface area contributed by atoms with Crippen LogP contribution in [0.1, 0.15) is 36.7 Å². The highest BCUT2D eigenvalue weighted by Gasteiger charge is 2.17. The van der Waals surface area contributed by atoms with Crippen LogP contribution in [0.3, 0.4) is 0 Å². The Hall–Kier alpha value is -1.22. The second kappa shape index (κ2) is 4.74. The first kappa shape index (κ1) is 12.8. The predicted molar refractivity (Wildman–Crippen MR) is 63.3 cm³/mol. The van der Waals surface area contributed by atoms with Crippen LogP contribution in [-0.2, 0) is 6.42 Å². The molecule has 3 heteroatoms. The monoisotopic (exact) mass is 223 g/mol. The Labute approximate surface area is 95.7 Å². The predicted octanol–water partition coefficient (Wildman–Crippen LogP) is 2.51. The number of carbonyl (C=O) groups is 1. The molecule has 0 bridgehead atoms. The van der Waals surface area contributed by atoms with Gasteiger partial charge in [0, 0.05) is 12.0 Å². The fourth-order valence-corrected chi connectivity index (χ4v) is 1.58. The molecule has 0 amide bonds. The Morgan fingerprint density at radius 3 is 2.62 bits per heavy atom. The van der Waals surface area contributed by atoms with Crippen molar-refractivity contribution in [3.8, 4) is 0 Å². The molecule has 1 atom stereocenters. The highest BCUT2D eigenvalue weighted by Crippen LogP contribution is 2.18. The normalized spacial score (nSPS) is 13.6. The summed E-state index contributed by atoms with van der Waals surface area (Å²) in [5.41, 5.74) is 5.62. The molecule has 2 N–H and O–H groups in total. The summed E-state index contributed by atoms with van der Waals surface area (Å²) >= 11 is 0. The van der Waals surface area contributed by atoms with Gasteiger partial charge in [-0.1, -0.05) is 18.2 Å². The standard InChI is InChI=1S/C13H18FNO/c1-9(15)12(16)11-6-4-5-10(7-11)8-13(2,3)14/h4-7,9H,8,15H2,1-3H3. The van der Waals surface area contributed by atoms with Gasteiger partial charge in [-0.3, -0.25) is 4.79 Å². The molecule has 88 valence electrons. The highest BCUT2D eigenvalue weighted by atomic mass is 19.1. The van der Waals surface area contributed by atoms with Crippen molar-refractivity contribution in [1.29, 1.82) is 0 Å². The summed E-state index contributed by atoms with van der Waals surface area (Å²) in [5.74, 6) is -0.112. The molecule has 0 spiro atoms. The number of halogens is 1. The Balaban J connectivity index is 2.91. The van der Waals surface area contributed by atoms with Gasteiger partial charge in [0.25, 0.3) is 0 Å². The number of hydrogen-bond donors (Lipinski definition) is 1. The second-order valence-corrected chi connectivity index (χ2v) is 4.75. The van der Waals surface area contributed by atoms with Crippen molar-refractivity contribution in [2.75, 3.05) is 0 Å². The summed E-state index contributed by atoms with van der Waals surface area (Å²) in [5, 5.41) is 0. The van der Waals surface area contributed by atoms with Crippen LogP contribution in [0.5, 0.6) is 0 Å². The molecule has 0 aromatic heterocycles. The summed E-state index contributed by atoms with van der Waals surface area (Å²) in [6.07, 6.45) is 0.299. The number of alkyl halides is 1. The van der Waals surface area contributed by atoms with Crippen LogP contribution in [0.2, 0.25) is 0 Å². The molecule has 1 aromatic rings. The van der Waals surface area contributed by atoms with E-state index in [1.54, 1.807) is 25.1 Å². The van der Waals surface area contributed by atoms with Gasteiger partial charge in [-0.2, -0.15) is 0 Å². The molecule has 1 unspecified atom stereocenters. The van der Waals surface area contributed by atoms with Crippen LogP contribution in [0.4, 0.5) is 4.39 Å². The molecule has 0 fully saturated rings. The summed E-state index contributed by atoms with van der Waals surface area (Å²) in [6, 6.07) is 6.48. The quantitative estimate of drug-likeness (QED) is 0.797. The number of carbonyl (C=O) groups excluding carboxylic acids is 1. The van der Waals surface area contributed by atoms with Gasteiger partial charge in [-0.05, 0) is 32.4 Å². The van der Waals surface area contributed by atoms with Gasteiger partial charge in [0.15, 0.2) is 5.78 Å². The van der Waals surface area contributed by atoms with E-state index in [-0.39, 0.29) is 5.78 Å². The van der Waals surface area contributed by atoms with E-state index in [9.17, 15) is 9.18 Å². The minimum Gasteiger partial charge on any atom is -0.321 e. The number of Topliss-reactive ketones (excluding diaryl/α,β-unsaturated/α-hetero) is 1. The molecule has 0 heterocycles. The summed E-state index contributed by atoms with van der Waals surface area (Å²) in [4.78, 5) is 11.6. The maximum absolute atomic E-state index is 13.5. The van der Waals surface area contributed by atoms with Gasteiger partial charge in [-0.15, -0.1) is 0 Å². The lowest BCUT2D eigenvalue weighted by molar-refractivity contribution is 0.0967. The van der Waals surface area contributed by atoms with Gasteiger partial charge in [-0.25, -0.2) is 4.39 Å². The highest BCUT2D eigenvalue weighted by molar-refractivity contribution is 5.99. The number of ketones is 1. The van der Waals surface area contributed by atoms with Gasteiger partial charge in [0.1, 0.15) is 5.67 Å². The molecular formula is C13H18FNO. The Bertz CT molecular complexity index is 380. The molecule has 0 saturated carbocycles. The van der Waals surface area contributed by atoms with E-state index in [1.807, 2.05) is 6.07 Å². The maximum Gasteiger partial charge on any atom is 0.179 e. The van der Waals surface area contributed by atoms with E-state index in [0.717, 1.165) is 5.56 Å². The number of rotatable bonds is 4. The Kier molecular flexibility index (Phi) is 3.81. The number of hydrogen-bond acceptors (Lipinski definition) is 2. The van der Waals surface area contributed by atoms with E-state index in [2.05, 4.69) is 0 Å². The molecule has 16 heavy (non-hydrogen) atoms. The summed E-state index contributed by atoms with van der Waals surface area (Å²) < 4.78 is 13.5. The first-order valence-electron chi connectivity index (χ1n) is 5.37. The van der Waals surface area contributed by atoms with Gasteiger partial charge in [0.05, 0.1) is 6.04 Å². The molecule has 0 radical (unpaired) electrons. The molecule has 0 aliphatic rings. The molecule has 0 aliphatic carbocycles. The van der Waals surface area contributed by atoms with E-state index < -0.39 is 11.7 Å². The minimum atomic E-state index is -1.27. The van der Waals surface area contributed by atoms with Crippen molar-refractivity contribution < 1.29 is 9.18 Å². The lowest BCUT2D eigenvalue weighted by Gasteiger charge is -2.14. The van der Waals surface area contributed by atoms with Crippen LogP contribution in [0, 0.1) is 0 Å². The molecule has 2 nitrogen and oxygen atoms in total. The van der Waals surface area contributed by atoms with Crippen molar-refractivity contribution in [1.82, 2.24) is 0 Å². The molecule has 0 saturated heterocycles. The maximum atomic E-state index is 13.5. The van der Waals surface area contributed by atoms with Crippen molar-refractivity contribution in [3.63, 3.8) is 0 Å². The lowest BCUT2D eigenvalue weighted by atomic mass is 9.96. The van der Waals surface area contributed by atoms with Gasteiger partial charge >= 0.3 is 0 Å². The van der Waals surface area contributed by atoms with Crippen molar-refractivity contribution >= 4 is 5.78 Å². The lowest BCUT2D eigenvalue weighted by Crippen LogP contribution is -2.26. The third kappa shape index (κ3) is 3.74. The fourth-order valence-electron chi connectivity index (χ4n) is 1.58. The number of nitrogens with two attached hydrogens (primary N) is 1. The van der Waals surface area contributed by atoms with Crippen molar-refractivity contribution in [2.24, 2.45) is 5.73 Å². The Morgan fingerprint density at radius 1 is 1.50 bits per heavy atom. The third-order valence-corrected chi connectivity index (χ3v) is 2.25. The second-order valence-electron chi connectivity index (χ2n) is 4.75. The van der Waals surface area contributed by atoms with E-state index in [1.165, 1.54) is 13.8 Å². The minimum absolute atomic E-state index is 0.112. The van der Waals surface area contributed by atoms with Crippen molar-refractivity contribution in [2.45, 2.75) is 38.9 Å². The SMILES string of the molecule is CC(N)C(=O)c1cccc(CC(C)(C)F)c1. The average Bonchev–Trinajstić information content (AvgIpc) is 2.14. The van der Waals surface area contributed by atoms with Crippen LogP contribution >= 0.6 is 0 Å². The zero-order valence-corrected chi connectivity index (χ0v) is 9.96. The summed E-state index contributed by atoms with van der Waals surface area (Å²) in [7, 11) is 0. The van der Waals surface area contributed by atoms with E-state index >= 15 is 0 Å². The third-order valence-electron chi connectivity index (χ3n) is 2.25. The van der Waals surface area contributed by atoms with Crippen molar-refractivity contribution in [3.05, 3.63) is 35.4 Å². The van der Waals surface area contributed by atoms with E-state index in [4.69, 9.17) is 5.73 Å². The topological polar surface area (TPSA) is 43.1 Å². The van der Waals surface area contributed by atoms with Crippen LogP contribution in [0.25, 0.3) is 0 Å². The van der Waals surface area contributed by atoms with Crippen LogP contribution in [0.15, 0.2) is 24.3 Å². The van der Waals surface area contributed by atoms with E-state index in [0.29, 0.717) is 12.0 Å². The van der Waals surface area contributed by atoms with Gasteiger partial charge in [0.2, 0.25) is 0 Å². The first-order chi connectivity index (χ1) is 7.29. The average molecular weight is 223 g/mol. The largest absolute Gasteiger partial charge is 0.321 e. The molecule has 1 rings (SSSR count). The fraction of sp³-hybridized carbons (Fsp3) is 0.462. The van der Waals surface area contributed by atoms with Crippen LogP contribution in [-0.4, -0.2) is 17.5 Å². The zero-order valence-electron chi connectivity index (χ0n) is 9.96. The summed E-state index contributed by atoms with van der Waals surface area (Å²) in [6.45, 7) is 4.69. The smallest absolute Gasteiger partial charge is 0.179 e.